The number of amides is 1. The number of carbonyl (C=O) groups excluding carboxylic acids is 1. The molecule has 0 fully saturated rings. The van der Waals surface area contributed by atoms with E-state index in [-0.39, 0.29) is 6.09 Å². The summed E-state index contributed by atoms with van der Waals surface area (Å²) < 4.78 is 10.8. The maximum absolute atomic E-state index is 11.7. The number of para-hydroxylation sites is 1. The van der Waals surface area contributed by atoms with Crippen LogP contribution in [0.3, 0.4) is 0 Å². The highest BCUT2D eigenvalue weighted by atomic mass is 16.6. The number of rotatable bonds is 5. The Balaban J connectivity index is 2.20. The minimum atomic E-state index is -0.452. The van der Waals surface area contributed by atoms with Crippen molar-refractivity contribution in [3.8, 4) is 5.75 Å². The molecule has 0 spiro atoms. The molecule has 0 unspecified atom stereocenters. The van der Waals surface area contributed by atoms with Crippen molar-refractivity contribution in [1.82, 2.24) is 4.90 Å². The van der Waals surface area contributed by atoms with E-state index in [4.69, 9.17) is 9.47 Å². The summed E-state index contributed by atoms with van der Waals surface area (Å²) in [5, 5.41) is 0. The van der Waals surface area contributed by atoms with Crippen LogP contribution in [0.2, 0.25) is 0 Å². The monoisotopic (exact) mass is 265 g/mol. The van der Waals surface area contributed by atoms with Gasteiger partial charge in [0.15, 0.2) is 0 Å². The van der Waals surface area contributed by atoms with Gasteiger partial charge in [0.2, 0.25) is 0 Å². The number of hydrogen-bond donors (Lipinski definition) is 0. The smallest absolute Gasteiger partial charge is 0.410 e. The van der Waals surface area contributed by atoms with Gasteiger partial charge in [-0.15, -0.1) is 0 Å². The lowest BCUT2D eigenvalue weighted by Gasteiger charge is -2.24. The highest BCUT2D eigenvalue weighted by Gasteiger charge is 2.19. The van der Waals surface area contributed by atoms with Gasteiger partial charge >= 0.3 is 6.09 Å². The number of benzene rings is 1. The molecule has 0 saturated carbocycles. The average molecular weight is 265 g/mol. The Kier molecular flexibility index (Phi) is 5.67. The Morgan fingerprint density at radius 1 is 1.21 bits per heavy atom. The van der Waals surface area contributed by atoms with Crippen molar-refractivity contribution < 1.29 is 14.3 Å². The third-order valence-corrected chi connectivity index (χ3v) is 2.35. The van der Waals surface area contributed by atoms with Crippen molar-refractivity contribution in [3.05, 3.63) is 30.3 Å². The van der Waals surface area contributed by atoms with Crippen LogP contribution in [0.5, 0.6) is 5.75 Å². The molecule has 1 amide bonds. The number of carbonyl (C=O) groups is 1. The van der Waals surface area contributed by atoms with Crippen molar-refractivity contribution in [2.75, 3.05) is 20.2 Å². The van der Waals surface area contributed by atoms with Gasteiger partial charge in [0.1, 0.15) is 11.4 Å². The minimum Gasteiger partial charge on any atom is -0.494 e. The van der Waals surface area contributed by atoms with E-state index in [0.717, 1.165) is 12.2 Å². The average Bonchev–Trinajstić information content (AvgIpc) is 2.33. The second-order valence-electron chi connectivity index (χ2n) is 5.42. The number of ether oxygens (including phenoxy) is 2. The fourth-order valence-electron chi connectivity index (χ4n) is 1.44. The fourth-order valence-corrected chi connectivity index (χ4v) is 1.44. The van der Waals surface area contributed by atoms with Gasteiger partial charge in [-0.25, -0.2) is 4.79 Å². The molecule has 106 valence electrons. The first-order valence-electron chi connectivity index (χ1n) is 6.50. The Morgan fingerprint density at radius 3 is 2.42 bits per heavy atom. The highest BCUT2D eigenvalue weighted by Crippen LogP contribution is 2.10. The molecular formula is C15H23NO3. The first kappa shape index (κ1) is 15.3. The Bertz CT molecular complexity index is 384. The quantitative estimate of drug-likeness (QED) is 0.767. The maximum Gasteiger partial charge on any atom is 0.410 e. The molecule has 0 aliphatic heterocycles. The molecule has 0 saturated heterocycles. The van der Waals surface area contributed by atoms with Gasteiger partial charge in [0.25, 0.3) is 0 Å². The minimum absolute atomic E-state index is 0.299. The molecule has 0 aromatic heterocycles. The van der Waals surface area contributed by atoms with Gasteiger partial charge in [-0.1, -0.05) is 18.2 Å². The molecule has 4 nitrogen and oxygen atoms in total. The van der Waals surface area contributed by atoms with Crippen molar-refractivity contribution in [2.45, 2.75) is 32.8 Å². The predicted molar refractivity (Wildman–Crippen MR) is 75.4 cm³/mol. The van der Waals surface area contributed by atoms with E-state index >= 15 is 0 Å². The van der Waals surface area contributed by atoms with Crippen molar-refractivity contribution >= 4 is 6.09 Å². The van der Waals surface area contributed by atoms with E-state index in [2.05, 4.69) is 0 Å². The standard InChI is InChI=1S/C15H23NO3/c1-15(2,3)19-14(17)16(4)11-8-12-18-13-9-6-5-7-10-13/h5-7,9-10H,8,11-12H2,1-4H3. The molecule has 0 N–H and O–H groups in total. The Labute approximate surface area is 115 Å². The molecule has 4 heteroatoms. The van der Waals surface area contributed by atoms with Crippen molar-refractivity contribution in [1.29, 1.82) is 0 Å². The van der Waals surface area contributed by atoms with Crippen LogP contribution in [0, 0.1) is 0 Å². The molecule has 0 aliphatic carbocycles. The molecule has 1 aromatic rings. The zero-order valence-electron chi connectivity index (χ0n) is 12.2. The number of nitrogens with zero attached hydrogens (tertiary/aromatic N) is 1. The molecular weight excluding hydrogens is 242 g/mol. The van der Waals surface area contributed by atoms with Crippen molar-refractivity contribution in [2.24, 2.45) is 0 Å². The zero-order valence-corrected chi connectivity index (χ0v) is 12.2. The van der Waals surface area contributed by atoms with Crippen LogP contribution in [0.4, 0.5) is 4.79 Å². The van der Waals surface area contributed by atoms with Gasteiger partial charge in [0.05, 0.1) is 6.61 Å². The molecule has 0 atom stereocenters. The molecule has 19 heavy (non-hydrogen) atoms. The van der Waals surface area contributed by atoms with E-state index in [9.17, 15) is 4.79 Å². The van der Waals surface area contributed by atoms with Gasteiger partial charge < -0.3 is 14.4 Å². The lowest BCUT2D eigenvalue weighted by molar-refractivity contribution is 0.0292. The zero-order chi connectivity index (χ0) is 14.3. The van der Waals surface area contributed by atoms with Crippen LogP contribution in [-0.4, -0.2) is 36.8 Å². The lowest BCUT2D eigenvalue weighted by atomic mass is 10.2. The van der Waals surface area contributed by atoms with E-state index in [1.807, 2.05) is 51.1 Å². The second-order valence-corrected chi connectivity index (χ2v) is 5.42. The SMILES string of the molecule is CN(CCCOc1ccccc1)C(=O)OC(C)(C)C. The van der Waals surface area contributed by atoms with Crippen LogP contribution >= 0.6 is 0 Å². The van der Waals surface area contributed by atoms with Crippen LogP contribution in [0.15, 0.2) is 30.3 Å². The summed E-state index contributed by atoms with van der Waals surface area (Å²) in [5.74, 6) is 0.849. The van der Waals surface area contributed by atoms with Gasteiger partial charge in [0, 0.05) is 13.6 Å². The van der Waals surface area contributed by atoms with Gasteiger partial charge in [-0.05, 0) is 39.3 Å². The van der Waals surface area contributed by atoms with E-state index < -0.39 is 5.60 Å². The lowest BCUT2D eigenvalue weighted by Crippen LogP contribution is -2.35. The summed E-state index contributed by atoms with van der Waals surface area (Å²) >= 11 is 0. The van der Waals surface area contributed by atoms with E-state index in [0.29, 0.717) is 13.2 Å². The fraction of sp³-hybridized carbons (Fsp3) is 0.533. The third-order valence-electron chi connectivity index (χ3n) is 2.35. The summed E-state index contributed by atoms with van der Waals surface area (Å²) in [5.41, 5.74) is -0.452. The topological polar surface area (TPSA) is 38.8 Å². The van der Waals surface area contributed by atoms with Gasteiger partial charge in [-0.2, -0.15) is 0 Å². The summed E-state index contributed by atoms with van der Waals surface area (Å²) in [7, 11) is 1.73. The van der Waals surface area contributed by atoms with Crippen LogP contribution in [-0.2, 0) is 4.74 Å². The first-order valence-corrected chi connectivity index (χ1v) is 6.50. The van der Waals surface area contributed by atoms with Gasteiger partial charge in [-0.3, -0.25) is 0 Å². The number of hydrogen-bond acceptors (Lipinski definition) is 3. The summed E-state index contributed by atoms with van der Waals surface area (Å²) in [4.78, 5) is 13.3. The maximum atomic E-state index is 11.7. The molecule has 0 radical (unpaired) electrons. The summed E-state index contributed by atoms with van der Waals surface area (Å²) in [6.45, 7) is 6.77. The molecule has 0 aliphatic rings. The van der Waals surface area contributed by atoms with E-state index in [1.54, 1.807) is 11.9 Å². The second kappa shape index (κ2) is 7.02. The molecule has 0 bridgehead atoms. The third kappa shape index (κ3) is 6.70. The largest absolute Gasteiger partial charge is 0.494 e. The summed E-state index contributed by atoms with van der Waals surface area (Å²) in [6.07, 6.45) is 0.470. The van der Waals surface area contributed by atoms with Crippen molar-refractivity contribution in [3.63, 3.8) is 0 Å². The Morgan fingerprint density at radius 2 is 1.84 bits per heavy atom. The van der Waals surface area contributed by atoms with Crippen LogP contribution in [0.1, 0.15) is 27.2 Å². The Hall–Kier alpha value is -1.71. The predicted octanol–water partition coefficient (Wildman–Crippen LogP) is 3.32. The van der Waals surface area contributed by atoms with Crippen LogP contribution < -0.4 is 4.74 Å². The summed E-state index contributed by atoms with van der Waals surface area (Å²) in [6, 6.07) is 9.64. The van der Waals surface area contributed by atoms with Crippen LogP contribution in [0.25, 0.3) is 0 Å². The normalized spacial score (nSPS) is 10.9. The first-order chi connectivity index (χ1) is 8.88. The van der Waals surface area contributed by atoms with E-state index in [1.165, 1.54) is 0 Å². The molecule has 0 heterocycles. The molecule has 1 rings (SSSR count). The molecule has 1 aromatic carbocycles. The highest BCUT2D eigenvalue weighted by molar-refractivity contribution is 5.67.